The van der Waals surface area contributed by atoms with Crippen LogP contribution in [-0.4, -0.2) is 38.3 Å². The van der Waals surface area contributed by atoms with Crippen molar-refractivity contribution in [1.29, 1.82) is 0 Å². The van der Waals surface area contributed by atoms with Gasteiger partial charge in [-0.25, -0.2) is 4.39 Å². The average Bonchev–Trinajstić information content (AvgIpc) is 2.41. The summed E-state index contributed by atoms with van der Waals surface area (Å²) in [5, 5.41) is 0. The van der Waals surface area contributed by atoms with Gasteiger partial charge in [0.2, 0.25) is 0 Å². The molecule has 3 nitrogen and oxygen atoms in total. The van der Waals surface area contributed by atoms with Crippen molar-refractivity contribution in [3.8, 4) is 0 Å². The molecule has 2 N–H and O–H groups in total. The zero-order valence-corrected chi connectivity index (χ0v) is 12.1. The molecule has 1 rings (SSSR count). The molecule has 0 amide bonds. The van der Waals surface area contributed by atoms with Crippen LogP contribution in [0, 0.1) is 5.82 Å². The van der Waals surface area contributed by atoms with Crippen LogP contribution in [0.2, 0.25) is 0 Å². The lowest BCUT2D eigenvalue weighted by atomic mass is 10.0. The van der Waals surface area contributed by atoms with Crippen molar-refractivity contribution in [2.45, 2.75) is 19.1 Å². The van der Waals surface area contributed by atoms with Crippen molar-refractivity contribution in [1.82, 2.24) is 4.90 Å². The quantitative estimate of drug-likeness (QED) is 0.787. The summed E-state index contributed by atoms with van der Waals surface area (Å²) in [6, 6.07) is 2.06. The van der Waals surface area contributed by atoms with Crippen LogP contribution in [0.15, 0.2) is 18.2 Å². The second-order valence-electron chi connectivity index (χ2n) is 4.64. The van der Waals surface area contributed by atoms with Gasteiger partial charge in [-0.15, -0.1) is 0 Å². The fraction of sp³-hybridized carbons (Fsp3) is 0.571. The number of benzene rings is 1. The Labute approximate surface area is 121 Å². The predicted octanol–water partition coefficient (Wildman–Crippen LogP) is 2.81. The van der Waals surface area contributed by atoms with Crippen LogP contribution in [0.25, 0.3) is 0 Å². The third-order valence-corrected chi connectivity index (χ3v) is 3.29. The van der Waals surface area contributed by atoms with Gasteiger partial charge in [-0.2, -0.15) is 13.2 Å². The molecule has 0 heterocycles. The smallest absolute Gasteiger partial charge is 0.383 e. The number of nitrogens with two attached hydrogens (primary N) is 1. The van der Waals surface area contributed by atoms with E-state index >= 15 is 0 Å². The van der Waals surface area contributed by atoms with Gasteiger partial charge < -0.3 is 10.5 Å². The molecule has 0 saturated carbocycles. The van der Waals surface area contributed by atoms with Crippen LogP contribution in [0.5, 0.6) is 0 Å². The number of methoxy groups -OCH3 is 1. The molecule has 0 bridgehead atoms. The van der Waals surface area contributed by atoms with Gasteiger partial charge in [0.25, 0.3) is 0 Å². The van der Waals surface area contributed by atoms with E-state index in [0.29, 0.717) is 25.8 Å². The molecule has 1 unspecified atom stereocenters. The van der Waals surface area contributed by atoms with Gasteiger partial charge in [-0.1, -0.05) is 6.92 Å². The van der Waals surface area contributed by atoms with Crippen LogP contribution in [0.1, 0.15) is 24.1 Å². The molecule has 0 aliphatic rings. The van der Waals surface area contributed by atoms with Crippen molar-refractivity contribution in [2.75, 3.05) is 33.4 Å². The minimum atomic E-state index is -4.58. The summed E-state index contributed by atoms with van der Waals surface area (Å²) in [5.41, 5.74) is 4.90. The Kier molecular flexibility index (Phi) is 6.57. The topological polar surface area (TPSA) is 38.5 Å². The molecule has 1 aromatic rings. The van der Waals surface area contributed by atoms with Crippen LogP contribution < -0.4 is 5.73 Å². The van der Waals surface area contributed by atoms with Crippen molar-refractivity contribution < 1.29 is 22.3 Å². The lowest BCUT2D eigenvalue weighted by molar-refractivity contribution is -0.137. The molecule has 0 saturated heterocycles. The summed E-state index contributed by atoms with van der Waals surface area (Å²) in [7, 11) is 1.54. The lowest BCUT2D eigenvalue weighted by Gasteiger charge is -2.30. The normalized spacial score (nSPS) is 13.7. The Morgan fingerprint density at radius 1 is 1.29 bits per heavy atom. The molecular weight excluding hydrogens is 288 g/mol. The van der Waals surface area contributed by atoms with E-state index in [1.165, 1.54) is 7.11 Å². The molecule has 0 aliphatic carbocycles. The highest BCUT2D eigenvalue weighted by molar-refractivity contribution is 5.29. The van der Waals surface area contributed by atoms with Gasteiger partial charge in [0, 0.05) is 26.2 Å². The maximum absolute atomic E-state index is 13.5. The van der Waals surface area contributed by atoms with E-state index < -0.39 is 23.6 Å². The van der Waals surface area contributed by atoms with E-state index in [1.54, 1.807) is 0 Å². The van der Waals surface area contributed by atoms with E-state index in [0.717, 1.165) is 12.1 Å². The van der Waals surface area contributed by atoms with Crippen LogP contribution in [0.3, 0.4) is 0 Å². The van der Waals surface area contributed by atoms with Crippen LogP contribution in [0.4, 0.5) is 17.6 Å². The van der Waals surface area contributed by atoms with E-state index in [1.807, 2.05) is 11.8 Å². The fourth-order valence-electron chi connectivity index (χ4n) is 2.21. The number of ether oxygens (including phenoxy) is 1. The summed E-state index contributed by atoms with van der Waals surface area (Å²) in [5.74, 6) is -0.916. The second-order valence-corrected chi connectivity index (χ2v) is 4.64. The molecule has 1 atom stereocenters. The first-order valence-corrected chi connectivity index (χ1v) is 6.64. The largest absolute Gasteiger partial charge is 0.416 e. The maximum atomic E-state index is 13.5. The van der Waals surface area contributed by atoms with Gasteiger partial charge in [0.15, 0.2) is 0 Å². The SMILES string of the molecule is CCN(CCOC)C(CN)c1cc(F)cc(C(F)(F)F)c1. The molecular formula is C14H20F4N2O. The Morgan fingerprint density at radius 3 is 2.43 bits per heavy atom. The molecule has 0 fully saturated rings. The second kappa shape index (κ2) is 7.72. The van der Waals surface area contributed by atoms with E-state index in [4.69, 9.17) is 10.5 Å². The van der Waals surface area contributed by atoms with Crippen LogP contribution in [-0.2, 0) is 10.9 Å². The first-order chi connectivity index (χ1) is 9.83. The van der Waals surface area contributed by atoms with E-state index in [2.05, 4.69) is 0 Å². The number of likely N-dealkylation sites (N-methyl/N-ethyl adjacent to an activating group) is 1. The molecule has 0 aliphatic heterocycles. The first-order valence-electron chi connectivity index (χ1n) is 6.64. The van der Waals surface area contributed by atoms with Crippen molar-refractivity contribution >= 4 is 0 Å². The standard InChI is InChI=1S/C14H20F4N2O/c1-3-20(4-5-21-2)13(9-19)10-6-11(14(16,17)18)8-12(15)7-10/h6-8,13H,3-5,9,19H2,1-2H3. The Hall–Kier alpha value is -1.18. The minimum Gasteiger partial charge on any atom is -0.383 e. The van der Waals surface area contributed by atoms with E-state index in [-0.39, 0.29) is 12.1 Å². The lowest BCUT2D eigenvalue weighted by Crippen LogP contribution is -2.36. The van der Waals surface area contributed by atoms with Gasteiger partial charge in [-0.3, -0.25) is 4.90 Å². The molecule has 7 heteroatoms. The number of halogens is 4. The monoisotopic (exact) mass is 308 g/mol. The number of hydrogen-bond acceptors (Lipinski definition) is 3. The van der Waals surface area contributed by atoms with E-state index in [9.17, 15) is 17.6 Å². The molecule has 0 spiro atoms. The zero-order valence-electron chi connectivity index (χ0n) is 12.1. The highest BCUT2D eigenvalue weighted by Gasteiger charge is 2.32. The molecule has 0 aromatic heterocycles. The third kappa shape index (κ3) is 4.94. The molecule has 1 aromatic carbocycles. The number of nitrogens with zero attached hydrogens (tertiary/aromatic N) is 1. The Morgan fingerprint density at radius 2 is 1.95 bits per heavy atom. The zero-order chi connectivity index (χ0) is 16.0. The Balaban J connectivity index is 3.12. The van der Waals surface area contributed by atoms with Crippen LogP contribution >= 0.6 is 0 Å². The molecule has 0 radical (unpaired) electrons. The molecule has 21 heavy (non-hydrogen) atoms. The Bertz CT molecular complexity index is 451. The van der Waals surface area contributed by atoms with Crippen molar-refractivity contribution in [3.05, 3.63) is 35.1 Å². The summed E-state index contributed by atoms with van der Waals surface area (Å²) in [4.78, 5) is 1.86. The fourth-order valence-corrected chi connectivity index (χ4v) is 2.21. The highest BCUT2D eigenvalue weighted by atomic mass is 19.4. The molecule has 120 valence electrons. The summed E-state index contributed by atoms with van der Waals surface area (Å²) >= 11 is 0. The third-order valence-electron chi connectivity index (χ3n) is 3.29. The van der Waals surface area contributed by atoms with Gasteiger partial charge >= 0.3 is 6.18 Å². The average molecular weight is 308 g/mol. The number of alkyl halides is 3. The number of rotatable bonds is 7. The summed E-state index contributed by atoms with van der Waals surface area (Å²) in [6.07, 6.45) is -4.58. The van der Waals surface area contributed by atoms with Crippen molar-refractivity contribution in [3.63, 3.8) is 0 Å². The highest BCUT2D eigenvalue weighted by Crippen LogP contribution is 2.32. The van der Waals surface area contributed by atoms with Gasteiger partial charge in [0.1, 0.15) is 5.82 Å². The number of hydrogen-bond donors (Lipinski definition) is 1. The summed E-state index contributed by atoms with van der Waals surface area (Å²) < 4.78 is 56.8. The van der Waals surface area contributed by atoms with Gasteiger partial charge in [-0.05, 0) is 30.3 Å². The van der Waals surface area contributed by atoms with Gasteiger partial charge in [0.05, 0.1) is 12.2 Å². The predicted molar refractivity (Wildman–Crippen MR) is 72.3 cm³/mol. The maximum Gasteiger partial charge on any atom is 0.416 e. The summed E-state index contributed by atoms with van der Waals surface area (Å²) in [6.45, 7) is 3.46. The minimum absolute atomic E-state index is 0.0955. The first kappa shape index (κ1) is 17.9. The van der Waals surface area contributed by atoms with Crippen molar-refractivity contribution in [2.24, 2.45) is 5.73 Å².